The molecule has 0 aliphatic heterocycles. The number of benzene rings is 2. The van der Waals surface area contributed by atoms with E-state index in [-0.39, 0.29) is 6.04 Å². The van der Waals surface area contributed by atoms with E-state index < -0.39 is 17.7 Å². The van der Waals surface area contributed by atoms with Crippen LogP contribution in [0.5, 0.6) is 11.5 Å². The van der Waals surface area contributed by atoms with Gasteiger partial charge in [-0.05, 0) is 49.2 Å². The molecule has 128 valence electrons. The summed E-state index contributed by atoms with van der Waals surface area (Å²) >= 11 is 0. The third kappa shape index (κ3) is 4.81. The summed E-state index contributed by atoms with van der Waals surface area (Å²) in [5.41, 5.74) is 4.61. The molecule has 2 aromatic carbocycles. The maximum atomic E-state index is 12.0. The molecule has 1 fully saturated rings. The average Bonchev–Trinajstić information content (AvgIpc) is 3.45. The third-order valence-corrected chi connectivity index (χ3v) is 3.50. The summed E-state index contributed by atoms with van der Waals surface area (Å²) in [5.74, 6) is -0.915. The standard InChI is InChI=1S/C18H17N3O4/c22-16(20-21-18(24)17(23)19-13-8-9-13)12-6-10-15(11-7-12)25-14-4-2-1-3-5-14/h1-7,10-11,13H,8-9H2,(H,19,23)(H,20,22)(H,21,24). The van der Waals surface area contributed by atoms with Crippen LogP contribution in [-0.4, -0.2) is 23.8 Å². The van der Waals surface area contributed by atoms with Crippen molar-refractivity contribution in [3.63, 3.8) is 0 Å². The summed E-state index contributed by atoms with van der Waals surface area (Å²) in [4.78, 5) is 35.0. The van der Waals surface area contributed by atoms with E-state index in [0.29, 0.717) is 17.1 Å². The highest BCUT2D eigenvalue weighted by Gasteiger charge is 2.26. The topological polar surface area (TPSA) is 96.5 Å². The molecule has 0 atom stereocenters. The van der Waals surface area contributed by atoms with Crippen LogP contribution >= 0.6 is 0 Å². The van der Waals surface area contributed by atoms with E-state index in [9.17, 15) is 14.4 Å². The van der Waals surface area contributed by atoms with Gasteiger partial charge in [0.25, 0.3) is 5.91 Å². The van der Waals surface area contributed by atoms with Crippen molar-refractivity contribution in [3.8, 4) is 11.5 Å². The first-order valence-corrected chi connectivity index (χ1v) is 7.86. The Morgan fingerprint density at radius 1 is 0.800 bits per heavy atom. The Labute approximate surface area is 144 Å². The Morgan fingerprint density at radius 3 is 2.08 bits per heavy atom. The smallest absolute Gasteiger partial charge is 0.327 e. The fourth-order valence-corrected chi connectivity index (χ4v) is 2.02. The first kappa shape index (κ1) is 16.5. The van der Waals surface area contributed by atoms with Gasteiger partial charge in [-0.25, -0.2) is 0 Å². The number of hydrogen-bond donors (Lipinski definition) is 3. The minimum Gasteiger partial charge on any atom is -0.457 e. The number of para-hydroxylation sites is 1. The second-order valence-electron chi connectivity index (χ2n) is 5.60. The van der Waals surface area contributed by atoms with Gasteiger partial charge in [-0.3, -0.25) is 25.2 Å². The van der Waals surface area contributed by atoms with Crippen molar-refractivity contribution in [2.75, 3.05) is 0 Å². The molecular formula is C18H17N3O4. The predicted octanol–water partition coefficient (Wildman–Crippen LogP) is 1.52. The van der Waals surface area contributed by atoms with Crippen LogP contribution in [-0.2, 0) is 9.59 Å². The zero-order chi connectivity index (χ0) is 17.6. The van der Waals surface area contributed by atoms with E-state index in [0.717, 1.165) is 12.8 Å². The Hall–Kier alpha value is -3.35. The third-order valence-electron chi connectivity index (χ3n) is 3.50. The number of amides is 3. The molecule has 0 bridgehead atoms. The summed E-state index contributed by atoms with van der Waals surface area (Å²) < 4.78 is 5.63. The van der Waals surface area contributed by atoms with E-state index in [1.807, 2.05) is 30.3 Å². The molecule has 2 aromatic rings. The van der Waals surface area contributed by atoms with E-state index in [1.54, 1.807) is 24.3 Å². The molecule has 1 saturated carbocycles. The predicted molar refractivity (Wildman–Crippen MR) is 89.7 cm³/mol. The largest absolute Gasteiger partial charge is 0.457 e. The van der Waals surface area contributed by atoms with Crippen molar-refractivity contribution in [1.82, 2.24) is 16.2 Å². The van der Waals surface area contributed by atoms with Gasteiger partial charge in [0.1, 0.15) is 11.5 Å². The second-order valence-corrected chi connectivity index (χ2v) is 5.60. The van der Waals surface area contributed by atoms with Crippen molar-refractivity contribution >= 4 is 17.7 Å². The molecule has 0 spiro atoms. The van der Waals surface area contributed by atoms with Gasteiger partial charge in [0, 0.05) is 11.6 Å². The van der Waals surface area contributed by atoms with Crippen molar-refractivity contribution in [2.24, 2.45) is 0 Å². The van der Waals surface area contributed by atoms with Gasteiger partial charge in [-0.15, -0.1) is 0 Å². The van der Waals surface area contributed by atoms with Gasteiger partial charge < -0.3 is 10.1 Å². The lowest BCUT2D eigenvalue weighted by Crippen LogP contribution is -2.48. The summed E-state index contributed by atoms with van der Waals surface area (Å²) in [7, 11) is 0. The monoisotopic (exact) mass is 339 g/mol. The molecule has 0 radical (unpaired) electrons. The highest BCUT2D eigenvalue weighted by atomic mass is 16.5. The zero-order valence-electron chi connectivity index (χ0n) is 13.3. The maximum absolute atomic E-state index is 12.0. The summed E-state index contributed by atoms with van der Waals surface area (Å²) in [6.07, 6.45) is 1.76. The zero-order valence-corrected chi connectivity index (χ0v) is 13.3. The molecule has 0 heterocycles. The Morgan fingerprint density at radius 2 is 1.44 bits per heavy atom. The lowest BCUT2D eigenvalue weighted by molar-refractivity contribution is -0.139. The molecule has 3 rings (SSSR count). The van der Waals surface area contributed by atoms with Crippen LogP contribution in [0.15, 0.2) is 54.6 Å². The summed E-state index contributed by atoms with van der Waals surface area (Å²) in [5, 5.41) is 2.53. The van der Waals surface area contributed by atoms with Gasteiger partial charge in [0.2, 0.25) is 0 Å². The summed E-state index contributed by atoms with van der Waals surface area (Å²) in [6, 6.07) is 15.7. The van der Waals surface area contributed by atoms with Crippen LogP contribution in [0.4, 0.5) is 0 Å². The molecule has 0 saturated heterocycles. The highest BCUT2D eigenvalue weighted by molar-refractivity contribution is 6.35. The lowest BCUT2D eigenvalue weighted by Gasteiger charge is -2.08. The Balaban J connectivity index is 1.50. The van der Waals surface area contributed by atoms with Gasteiger partial charge in [0.05, 0.1) is 0 Å². The fraction of sp³-hybridized carbons (Fsp3) is 0.167. The van der Waals surface area contributed by atoms with Gasteiger partial charge in [0.15, 0.2) is 0 Å². The van der Waals surface area contributed by atoms with Crippen molar-refractivity contribution in [3.05, 3.63) is 60.2 Å². The number of hydrazine groups is 1. The van der Waals surface area contributed by atoms with Crippen molar-refractivity contribution in [1.29, 1.82) is 0 Å². The first-order chi connectivity index (χ1) is 12.1. The number of nitrogens with one attached hydrogen (secondary N) is 3. The van der Waals surface area contributed by atoms with Gasteiger partial charge >= 0.3 is 11.8 Å². The van der Waals surface area contributed by atoms with Crippen LogP contribution in [0.3, 0.4) is 0 Å². The normalized spacial score (nSPS) is 12.8. The molecule has 0 unspecified atom stereocenters. The molecule has 7 heteroatoms. The molecule has 3 N–H and O–H groups in total. The minimum atomic E-state index is -0.899. The fourth-order valence-electron chi connectivity index (χ4n) is 2.02. The average molecular weight is 339 g/mol. The number of carbonyl (C=O) groups excluding carboxylic acids is 3. The van der Waals surface area contributed by atoms with E-state index in [2.05, 4.69) is 16.2 Å². The molecule has 3 amide bonds. The van der Waals surface area contributed by atoms with Crippen LogP contribution in [0.25, 0.3) is 0 Å². The minimum absolute atomic E-state index is 0.0751. The van der Waals surface area contributed by atoms with Crippen LogP contribution in [0.1, 0.15) is 23.2 Å². The molecule has 1 aliphatic rings. The van der Waals surface area contributed by atoms with Crippen molar-refractivity contribution in [2.45, 2.75) is 18.9 Å². The van der Waals surface area contributed by atoms with Crippen LogP contribution < -0.4 is 20.9 Å². The maximum Gasteiger partial charge on any atom is 0.327 e. The number of rotatable bonds is 4. The lowest BCUT2D eigenvalue weighted by atomic mass is 10.2. The number of ether oxygens (including phenoxy) is 1. The molecular weight excluding hydrogens is 322 g/mol. The quantitative estimate of drug-likeness (QED) is 0.581. The molecule has 7 nitrogen and oxygen atoms in total. The Bertz CT molecular complexity index is 771. The van der Waals surface area contributed by atoms with Crippen LogP contribution in [0.2, 0.25) is 0 Å². The second kappa shape index (κ2) is 7.48. The van der Waals surface area contributed by atoms with Gasteiger partial charge in [-0.1, -0.05) is 18.2 Å². The van der Waals surface area contributed by atoms with Crippen molar-refractivity contribution < 1.29 is 19.1 Å². The summed E-state index contributed by atoms with van der Waals surface area (Å²) in [6.45, 7) is 0. The van der Waals surface area contributed by atoms with E-state index in [4.69, 9.17) is 4.74 Å². The van der Waals surface area contributed by atoms with E-state index in [1.165, 1.54) is 0 Å². The SMILES string of the molecule is O=C(NNC(=O)c1ccc(Oc2ccccc2)cc1)C(=O)NC1CC1. The number of carbonyl (C=O) groups is 3. The van der Waals surface area contributed by atoms with E-state index >= 15 is 0 Å². The Kier molecular flexibility index (Phi) is 4.94. The molecule has 0 aromatic heterocycles. The first-order valence-electron chi connectivity index (χ1n) is 7.86. The molecule has 1 aliphatic carbocycles. The van der Waals surface area contributed by atoms with Gasteiger partial charge in [-0.2, -0.15) is 0 Å². The van der Waals surface area contributed by atoms with Crippen LogP contribution in [0, 0.1) is 0 Å². The highest BCUT2D eigenvalue weighted by Crippen LogP contribution is 2.21. The number of hydrogen-bond acceptors (Lipinski definition) is 4. The molecule has 25 heavy (non-hydrogen) atoms.